The SMILES string of the molecule is C1C[C@H]2NCC12. The Balaban J connectivity index is 2.03. The molecule has 2 fully saturated rings. The number of rotatable bonds is 0. The van der Waals surface area contributed by atoms with Crippen LogP contribution in [0, 0.1) is 5.92 Å². The topological polar surface area (TPSA) is 12.0 Å². The van der Waals surface area contributed by atoms with Gasteiger partial charge in [-0.15, -0.1) is 0 Å². The first kappa shape index (κ1) is 3.03. The lowest BCUT2D eigenvalue weighted by atomic mass is 9.74. The lowest BCUT2D eigenvalue weighted by molar-refractivity contribution is 0.111. The van der Waals surface area contributed by atoms with Gasteiger partial charge in [-0.25, -0.2) is 0 Å². The maximum atomic E-state index is 3.34. The van der Waals surface area contributed by atoms with Crippen molar-refractivity contribution < 1.29 is 0 Å². The minimum Gasteiger partial charge on any atom is -0.313 e. The fourth-order valence-electron chi connectivity index (χ4n) is 1.22. The van der Waals surface area contributed by atoms with Crippen LogP contribution in [-0.4, -0.2) is 12.6 Å². The summed E-state index contributed by atoms with van der Waals surface area (Å²) in [4.78, 5) is 0. The molecule has 0 aromatic rings. The van der Waals surface area contributed by atoms with Crippen molar-refractivity contribution >= 4 is 0 Å². The Bertz CT molecular complexity index is 52.3. The molecular weight excluding hydrogens is 74.1 g/mol. The van der Waals surface area contributed by atoms with Crippen LogP contribution in [-0.2, 0) is 0 Å². The van der Waals surface area contributed by atoms with Crippen molar-refractivity contribution in [2.75, 3.05) is 6.54 Å². The van der Waals surface area contributed by atoms with Crippen LogP contribution in [0.2, 0.25) is 0 Å². The molecule has 6 heavy (non-hydrogen) atoms. The Labute approximate surface area is 37.7 Å². The lowest BCUT2D eigenvalue weighted by Gasteiger charge is -2.47. The van der Waals surface area contributed by atoms with Crippen LogP contribution in [0.3, 0.4) is 0 Å². The van der Waals surface area contributed by atoms with E-state index in [-0.39, 0.29) is 0 Å². The van der Waals surface area contributed by atoms with Gasteiger partial charge in [-0.1, -0.05) is 0 Å². The minimum absolute atomic E-state index is 0.963. The second-order valence-electron chi connectivity index (χ2n) is 2.35. The standard InChI is InChI=1S/C5H9N/c1-2-5-4(1)3-6-5/h4-6H,1-3H2/t4?,5-/m1/s1. The Morgan fingerprint density at radius 3 is 2.17 bits per heavy atom. The lowest BCUT2D eigenvalue weighted by Crippen LogP contribution is -2.59. The average molecular weight is 83.1 g/mol. The summed E-state index contributed by atoms with van der Waals surface area (Å²) in [5.74, 6) is 1.10. The Morgan fingerprint density at radius 1 is 1.33 bits per heavy atom. The highest BCUT2D eigenvalue weighted by molar-refractivity contribution is 4.96. The van der Waals surface area contributed by atoms with Crippen molar-refractivity contribution in [2.24, 2.45) is 5.92 Å². The smallest absolute Gasteiger partial charge is 0.0108 e. The van der Waals surface area contributed by atoms with E-state index in [2.05, 4.69) is 5.32 Å². The van der Waals surface area contributed by atoms with E-state index in [0.29, 0.717) is 0 Å². The Morgan fingerprint density at radius 2 is 2.17 bits per heavy atom. The van der Waals surface area contributed by atoms with Crippen molar-refractivity contribution in [3.8, 4) is 0 Å². The highest BCUT2D eigenvalue weighted by Gasteiger charge is 2.37. The highest BCUT2D eigenvalue weighted by atomic mass is 15.0. The number of fused-ring (bicyclic) bond motifs is 1. The van der Waals surface area contributed by atoms with Gasteiger partial charge in [0.2, 0.25) is 0 Å². The van der Waals surface area contributed by atoms with Crippen molar-refractivity contribution in [1.29, 1.82) is 0 Å². The van der Waals surface area contributed by atoms with Crippen LogP contribution in [0.4, 0.5) is 0 Å². The van der Waals surface area contributed by atoms with Gasteiger partial charge in [-0.3, -0.25) is 0 Å². The third-order valence-electron chi connectivity index (χ3n) is 2.06. The molecule has 1 saturated carbocycles. The largest absolute Gasteiger partial charge is 0.313 e. The van der Waals surface area contributed by atoms with Gasteiger partial charge in [-0.2, -0.15) is 0 Å². The molecule has 1 aliphatic carbocycles. The molecule has 2 atom stereocenters. The van der Waals surface area contributed by atoms with Crippen molar-refractivity contribution in [1.82, 2.24) is 5.32 Å². The summed E-state index contributed by atoms with van der Waals surface area (Å²) in [6.07, 6.45) is 2.95. The van der Waals surface area contributed by atoms with Crippen molar-refractivity contribution in [3.05, 3.63) is 0 Å². The van der Waals surface area contributed by atoms with Crippen LogP contribution >= 0.6 is 0 Å². The normalized spacial score (nSPS) is 52.0. The fraction of sp³-hybridized carbons (Fsp3) is 1.00. The molecule has 0 bridgehead atoms. The van der Waals surface area contributed by atoms with Gasteiger partial charge >= 0.3 is 0 Å². The Hall–Kier alpha value is -0.0400. The number of piperidine rings is 1. The summed E-state index contributed by atoms with van der Waals surface area (Å²) in [7, 11) is 0. The molecule has 0 radical (unpaired) electrons. The Kier molecular flexibility index (Phi) is 0.396. The van der Waals surface area contributed by atoms with Crippen molar-refractivity contribution in [2.45, 2.75) is 18.9 Å². The first-order valence-electron chi connectivity index (χ1n) is 2.70. The zero-order chi connectivity index (χ0) is 3.98. The second kappa shape index (κ2) is 0.784. The summed E-state index contributed by atoms with van der Waals surface area (Å²) in [5.41, 5.74) is 0. The maximum absolute atomic E-state index is 3.34. The fourth-order valence-corrected chi connectivity index (χ4v) is 1.22. The van der Waals surface area contributed by atoms with E-state index in [0.717, 1.165) is 12.0 Å². The molecule has 1 heterocycles. The predicted octanol–water partition coefficient (Wildman–Crippen LogP) is 0.368. The van der Waals surface area contributed by atoms with Crippen LogP contribution in [0.1, 0.15) is 12.8 Å². The van der Waals surface area contributed by atoms with E-state index in [1.165, 1.54) is 19.4 Å². The maximum Gasteiger partial charge on any atom is 0.0108 e. The minimum atomic E-state index is 0.963. The van der Waals surface area contributed by atoms with E-state index in [4.69, 9.17) is 0 Å². The van der Waals surface area contributed by atoms with E-state index in [9.17, 15) is 0 Å². The number of hydrogen-bond acceptors (Lipinski definition) is 1. The van der Waals surface area contributed by atoms with Crippen LogP contribution in [0.25, 0.3) is 0 Å². The summed E-state index contributed by atoms with van der Waals surface area (Å²) in [6.45, 7) is 1.31. The van der Waals surface area contributed by atoms with Crippen LogP contribution in [0.15, 0.2) is 0 Å². The van der Waals surface area contributed by atoms with Gasteiger partial charge in [0.05, 0.1) is 0 Å². The van der Waals surface area contributed by atoms with E-state index in [1.54, 1.807) is 0 Å². The van der Waals surface area contributed by atoms with E-state index in [1.807, 2.05) is 0 Å². The summed E-state index contributed by atoms with van der Waals surface area (Å²) >= 11 is 0. The molecule has 2 rings (SSSR count). The third kappa shape index (κ3) is 0.178. The van der Waals surface area contributed by atoms with Crippen LogP contribution < -0.4 is 5.32 Å². The predicted molar refractivity (Wildman–Crippen MR) is 24.5 cm³/mol. The molecule has 1 heteroatoms. The van der Waals surface area contributed by atoms with E-state index < -0.39 is 0 Å². The molecule has 0 spiro atoms. The van der Waals surface area contributed by atoms with Gasteiger partial charge in [0.1, 0.15) is 0 Å². The molecule has 34 valence electrons. The van der Waals surface area contributed by atoms with E-state index >= 15 is 0 Å². The molecule has 2 aliphatic rings. The van der Waals surface area contributed by atoms with Gasteiger partial charge < -0.3 is 5.32 Å². The van der Waals surface area contributed by atoms with Crippen LogP contribution in [0.5, 0.6) is 0 Å². The van der Waals surface area contributed by atoms with Gasteiger partial charge in [0.15, 0.2) is 0 Å². The quantitative estimate of drug-likeness (QED) is 0.446. The molecule has 0 amide bonds. The zero-order valence-corrected chi connectivity index (χ0v) is 3.78. The molecule has 1 N–H and O–H groups in total. The highest BCUT2D eigenvalue weighted by Crippen LogP contribution is 2.32. The second-order valence-corrected chi connectivity index (χ2v) is 2.35. The number of hydrogen-bond donors (Lipinski definition) is 1. The van der Waals surface area contributed by atoms with Gasteiger partial charge in [0.25, 0.3) is 0 Å². The molecular formula is C5H9N. The van der Waals surface area contributed by atoms with Gasteiger partial charge in [0, 0.05) is 6.04 Å². The molecule has 0 aromatic heterocycles. The first-order chi connectivity index (χ1) is 2.97. The first-order valence-corrected chi connectivity index (χ1v) is 2.70. The average Bonchev–Trinajstić information content (AvgIpc) is 1.54. The third-order valence-corrected chi connectivity index (χ3v) is 2.06. The summed E-state index contributed by atoms with van der Waals surface area (Å²) in [6, 6.07) is 0.963. The monoisotopic (exact) mass is 83.1 g/mol. The summed E-state index contributed by atoms with van der Waals surface area (Å²) < 4.78 is 0. The summed E-state index contributed by atoms with van der Waals surface area (Å²) in [5, 5.41) is 3.34. The van der Waals surface area contributed by atoms with Crippen molar-refractivity contribution in [3.63, 3.8) is 0 Å². The number of nitrogens with one attached hydrogen (secondary N) is 1. The molecule has 1 saturated heterocycles. The molecule has 1 unspecified atom stereocenters. The van der Waals surface area contributed by atoms with Gasteiger partial charge in [-0.05, 0) is 25.3 Å². The molecule has 1 nitrogen and oxygen atoms in total. The molecule has 1 aliphatic heterocycles. The zero-order valence-electron chi connectivity index (χ0n) is 3.78. The molecule has 0 aromatic carbocycles.